The lowest BCUT2D eigenvalue weighted by atomic mass is 10.4. The zero-order chi connectivity index (χ0) is 11.8. The second kappa shape index (κ2) is 3.83. The summed E-state index contributed by atoms with van der Waals surface area (Å²) < 4.78 is 37.8. The maximum absolute atomic E-state index is 12.3. The van der Waals surface area contributed by atoms with Crippen molar-refractivity contribution >= 4 is 11.3 Å². The van der Waals surface area contributed by atoms with Gasteiger partial charge in [-0.1, -0.05) is 11.3 Å². The first kappa shape index (κ1) is 11.0. The van der Waals surface area contributed by atoms with E-state index in [1.165, 1.54) is 6.20 Å². The van der Waals surface area contributed by atoms with Crippen LogP contribution >= 0.6 is 11.3 Å². The van der Waals surface area contributed by atoms with Crippen molar-refractivity contribution in [2.75, 3.05) is 0 Å². The van der Waals surface area contributed by atoms with Gasteiger partial charge in [-0.25, -0.2) is 4.68 Å². The first-order valence-electron chi connectivity index (χ1n) is 4.16. The molecule has 9 heteroatoms. The molecule has 2 rings (SSSR count). The Labute approximate surface area is 91.7 Å². The van der Waals surface area contributed by atoms with Gasteiger partial charge in [-0.15, -0.1) is 10.2 Å². The molecule has 0 aliphatic heterocycles. The molecule has 0 aliphatic carbocycles. The lowest BCUT2D eigenvalue weighted by Crippen LogP contribution is -2.07. The number of hydrogen-bond donors (Lipinski definition) is 1. The number of halogens is 3. The Hall–Kier alpha value is -1.48. The van der Waals surface area contributed by atoms with Crippen molar-refractivity contribution in [1.29, 1.82) is 0 Å². The monoisotopic (exact) mass is 249 g/mol. The minimum Gasteiger partial charge on any atom is -0.324 e. The van der Waals surface area contributed by atoms with Gasteiger partial charge in [-0.3, -0.25) is 0 Å². The molecule has 0 fully saturated rings. The third-order valence-electron chi connectivity index (χ3n) is 1.71. The van der Waals surface area contributed by atoms with Gasteiger partial charge in [-0.05, 0) is 6.07 Å². The quantitative estimate of drug-likeness (QED) is 0.868. The summed E-state index contributed by atoms with van der Waals surface area (Å²) in [6.45, 7) is 0.199. The third-order valence-corrected chi connectivity index (χ3v) is 2.64. The Kier molecular flexibility index (Phi) is 2.64. The molecule has 2 heterocycles. The number of rotatable bonds is 2. The molecule has 0 saturated carbocycles. The molecule has 0 aromatic carbocycles. The van der Waals surface area contributed by atoms with E-state index in [9.17, 15) is 13.2 Å². The van der Waals surface area contributed by atoms with Crippen LogP contribution in [-0.2, 0) is 12.7 Å². The summed E-state index contributed by atoms with van der Waals surface area (Å²) in [5, 5.41) is 11.5. The Morgan fingerprint density at radius 3 is 2.62 bits per heavy atom. The highest BCUT2D eigenvalue weighted by atomic mass is 32.1. The highest BCUT2D eigenvalue weighted by Gasteiger charge is 2.33. The molecule has 0 bridgehead atoms. The second-order valence-corrected chi connectivity index (χ2v) is 3.87. The van der Waals surface area contributed by atoms with Gasteiger partial charge in [0, 0.05) is 12.7 Å². The molecule has 0 unspecified atom stereocenters. The van der Waals surface area contributed by atoms with Gasteiger partial charge < -0.3 is 5.73 Å². The van der Waals surface area contributed by atoms with Gasteiger partial charge in [0.2, 0.25) is 5.13 Å². The van der Waals surface area contributed by atoms with Crippen molar-refractivity contribution in [2.24, 2.45) is 5.73 Å². The van der Waals surface area contributed by atoms with Crippen LogP contribution in [-0.4, -0.2) is 20.0 Å². The summed E-state index contributed by atoms with van der Waals surface area (Å²) in [6.07, 6.45) is -3.27. The van der Waals surface area contributed by atoms with Crippen LogP contribution in [0.4, 0.5) is 13.2 Å². The van der Waals surface area contributed by atoms with Crippen molar-refractivity contribution in [2.45, 2.75) is 12.7 Å². The number of hydrogen-bond acceptors (Lipinski definition) is 5. The Balaban J connectivity index is 2.31. The number of nitrogens with two attached hydrogens (primary N) is 1. The first-order valence-corrected chi connectivity index (χ1v) is 4.98. The van der Waals surface area contributed by atoms with Crippen molar-refractivity contribution in [3.63, 3.8) is 0 Å². The topological polar surface area (TPSA) is 69.6 Å². The maximum Gasteiger partial charge on any atom is 0.435 e. The fourth-order valence-corrected chi connectivity index (χ4v) is 1.65. The Morgan fingerprint density at radius 1 is 1.38 bits per heavy atom. The average Bonchev–Trinajstić information content (AvgIpc) is 2.85. The minimum absolute atomic E-state index is 0.199. The predicted molar refractivity (Wildman–Crippen MR) is 49.9 cm³/mol. The van der Waals surface area contributed by atoms with Crippen molar-refractivity contribution in [3.05, 3.63) is 23.0 Å². The van der Waals surface area contributed by atoms with Crippen molar-refractivity contribution < 1.29 is 13.2 Å². The van der Waals surface area contributed by atoms with E-state index in [1.807, 2.05) is 0 Å². The van der Waals surface area contributed by atoms with Gasteiger partial charge in [-0.2, -0.15) is 18.3 Å². The molecular formula is C7H6F3N5S. The summed E-state index contributed by atoms with van der Waals surface area (Å²) in [4.78, 5) is 0. The summed E-state index contributed by atoms with van der Waals surface area (Å²) in [5.41, 5.74) is 4.35. The molecule has 2 aromatic rings. The van der Waals surface area contributed by atoms with E-state index in [0.717, 1.165) is 22.1 Å². The summed E-state index contributed by atoms with van der Waals surface area (Å²) >= 11 is 1.10. The first-order chi connectivity index (χ1) is 7.50. The van der Waals surface area contributed by atoms with Crippen LogP contribution in [0, 0.1) is 0 Å². The molecule has 0 aliphatic rings. The van der Waals surface area contributed by atoms with E-state index in [2.05, 4.69) is 15.3 Å². The predicted octanol–water partition coefficient (Wildman–Crippen LogP) is 1.20. The lowest BCUT2D eigenvalue weighted by molar-refractivity contribution is -0.141. The number of aromatic nitrogens is 4. The fourth-order valence-electron chi connectivity index (χ4n) is 1.00. The van der Waals surface area contributed by atoms with Crippen LogP contribution in [0.2, 0.25) is 0 Å². The Bertz CT molecular complexity index is 488. The zero-order valence-corrected chi connectivity index (χ0v) is 8.59. The minimum atomic E-state index is -4.45. The normalized spacial score (nSPS) is 12.0. The molecule has 0 radical (unpaired) electrons. The van der Waals surface area contributed by atoms with E-state index >= 15 is 0 Å². The molecule has 5 nitrogen and oxygen atoms in total. The highest BCUT2D eigenvalue weighted by Crippen LogP contribution is 2.28. The standard InChI is InChI=1S/C7H6F3N5S/c8-7(9,10)4-1-2-15(14-4)6-13-12-5(3-11)16-6/h1-2H,3,11H2. The van der Waals surface area contributed by atoms with Crippen LogP contribution in [0.5, 0.6) is 0 Å². The van der Waals surface area contributed by atoms with Gasteiger partial charge in [0.25, 0.3) is 0 Å². The van der Waals surface area contributed by atoms with Gasteiger partial charge in [0.15, 0.2) is 5.69 Å². The van der Waals surface area contributed by atoms with Crippen LogP contribution in [0.1, 0.15) is 10.7 Å². The zero-order valence-electron chi connectivity index (χ0n) is 7.77. The summed E-state index contributed by atoms with van der Waals surface area (Å²) in [6, 6.07) is 0.878. The largest absolute Gasteiger partial charge is 0.435 e. The fraction of sp³-hybridized carbons (Fsp3) is 0.286. The summed E-state index contributed by atoms with van der Waals surface area (Å²) in [7, 11) is 0. The molecule has 2 N–H and O–H groups in total. The molecular weight excluding hydrogens is 243 g/mol. The average molecular weight is 249 g/mol. The van der Waals surface area contributed by atoms with E-state index in [0.29, 0.717) is 5.01 Å². The van der Waals surface area contributed by atoms with Crippen LogP contribution in [0.15, 0.2) is 12.3 Å². The third kappa shape index (κ3) is 2.04. The number of nitrogens with zero attached hydrogens (tertiary/aromatic N) is 4. The number of alkyl halides is 3. The smallest absolute Gasteiger partial charge is 0.324 e. The van der Waals surface area contributed by atoms with E-state index in [1.54, 1.807) is 0 Å². The van der Waals surface area contributed by atoms with Crippen molar-refractivity contribution in [3.8, 4) is 5.13 Å². The van der Waals surface area contributed by atoms with Crippen LogP contribution < -0.4 is 5.73 Å². The molecule has 16 heavy (non-hydrogen) atoms. The Morgan fingerprint density at radius 2 is 2.12 bits per heavy atom. The maximum atomic E-state index is 12.3. The molecule has 86 valence electrons. The SMILES string of the molecule is NCc1nnc(-n2ccc(C(F)(F)F)n2)s1. The molecule has 0 atom stereocenters. The molecule has 0 spiro atoms. The summed E-state index contributed by atoms with van der Waals surface area (Å²) in [5.74, 6) is 0. The lowest BCUT2D eigenvalue weighted by Gasteiger charge is -1.99. The van der Waals surface area contributed by atoms with Crippen LogP contribution in [0.3, 0.4) is 0 Å². The van der Waals surface area contributed by atoms with Crippen molar-refractivity contribution in [1.82, 2.24) is 20.0 Å². The highest BCUT2D eigenvalue weighted by molar-refractivity contribution is 7.13. The molecule has 0 amide bonds. The van der Waals surface area contributed by atoms with Gasteiger partial charge in [0.05, 0.1) is 0 Å². The van der Waals surface area contributed by atoms with E-state index < -0.39 is 11.9 Å². The van der Waals surface area contributed by atoms with E-state index in [4.69, 9.17) is 5.73 Å². The van der Waals surface area contributed by atoms with Gasteiger partial charge >= 0.3 is 6.18 Å². The molecule has 0 saturated heterocycles. The van der Waals surface area contributed by atoms with Gasteiger partial charge in [0.1, 0.15) is 5.01 Å². The second-order valence-electron chi connectivity index (χ2n) is 2.83. The van der Waals surface area contributed by atoms with Crippen LogP contribution in [0.25, 0.3) is 5.13 Å². The molecule has 2 aromatic heterocycles. The van der Waals surface area contributed by atoms with E-state index in [-0.39, 0.29) is 11.7 Å².